The number of hydrogen-bond donors (Lipinski definition) is 0. The van der Waals surface area contributed by atoms with Gasteiger partial charge in [-0.1, -0.05) is 30.3 Å². The summed E-state index contributed by atoms with van der Waals surface area (Å²) in [4.78, 5) is 14.9. The molecule has 4 rings (SSSR count). The highest BCUT2D eigenvalue weighted by molar-refractivity contribution is 5.94. The molecule has 1 aliphatic rings. The minimum Gasteiger partial charge on any atom is -0.334 e. The molecule has 0 bridgehead atoms. The molecule has 0 saturated carbocycles. The van der Waals surface area contributed by atoms with Crippen molar-refractivity contribution in [1.82, 2.24) is 14.7 Å². The highest BCUT2D eigenvalue weighted by atomic mass is 16.2. The van der Waals surface area contributed by atoms with Crippen LogP contribution < -0.4 is 0 Å². The van der Waals surface area contributed by atoms with Gasteiger partial charge in [-0.3, -0.25) is 4.79 Å². The molecule has 1 aliphatic heterocycles. The summed E-state index contributed by atoms with van der Waals surface area (Å²) in [7, 11) is 0. The third kappa shape index (κ3) is 2.95. The topological polar surface area (TPSA) is 38.1 Å². The molecule has 0 atom stereocenters. The molecule has 0 spiro atoms. The van der Waals surface area contributed by atoms with Crippen LogP contribution in [0.3, 0.4) is 0 Å². The van der Waals surface area contributed by atoms with E-state index in [1.807, 2.05) is 59.8 Å². The van der Waals surface area contributed by atoms with Gasteiger partial charge in [0.25, 0.3) is 5.91 Å². The first-order chi connectivity index (χ1) is 12.1. The molecule has 2 heterocycles. The number of hydrogen-bond acceptors (Lipinski definition) is 2. The maximum Gasteiger partial charge on any atom is 0.254 e. The van der Waals surface area contributed by atoms with Gasteiger partial charge >= 0.3 is 0 Å². The van der Waals surface area contributed by atoms with Gasteiger partial charge in [-0.05, 0) is 55.7 Å². The quantitative estimate of drug-likeness (QED) is 0.718. The van der Waals surface area contributed by atoms with Gasteiger partial charge in [-0.25, -0.2) is 4.68 Å². The molecule has 4 heteroatoms. The number of carbonyl (C=O) groups is 1. The summed E-state index contributed by atoms with van der Waals surface area (Å²) < 4.78 is 1.89. The van der Waals surface area contributed by atoms with Gasteiger partial charge < -0.3 is 4.90 Å². The lowest BCUT2D eigenvalue weighted by Crippen LogP contribution is -2.35. The lowest BCUT2D eigenvalue weighted by molar-refractivity contribution is 0.0734. The van der Waals surface area contributed by atoms with Crippen molar-refractivity contribution in [3.63, 3.8) is 0 Å². The van der Waals surface area contributed by atoms with E-state index in [0.717, 1.165) is 30.0 Å². The zero-order chi connectivity index (χ0) is 17.4. The zero-order valence-electron chi connectivity index (χ0n) is 14.6. The molecule has 1 aromatic heterocycles. The molecular formula is C21H21N3O. The number of fused-ring (bicyclic) bond motifs is 1. The molecule has 0 unspecified atom stereocenters. The minimum atomic E-state index is 0.0814. The molecule has 25 heavy (non-hydrogen) atoms. The first-order valence-electron chi connectivity index (χ1n) is 8.61. The summed E-state index contributed by atoms with van der Waals surface area (Å²) >= 11 is 0. The van der Waals surface area contributed by atoms with E-state index in [-0.39, 0.29) is 5.91 Å². The second-order valence-corrected chi connectivity index (χ2v) is 6.63. The molecule has 2 aromatic carbocycles. The van der Waals surface area contributed by atoms with Gasteiger partial charge in [0.05, 0.1) is 11.4 Å². The van der Waals surface area contributed by atoms with Crippen LogP contribution in [0.5, 0.6) is 0 Å². The summed E-state index contributed by atoms with van der Waals surface area (Å²) in [5.41, 5.74) is 6.27. The third-order valence-corrected chi connectivity index (χ3v) is 4.77. The predicted molar refractivity (Wildman–Crippen MR) is 97.9 cm³/mol. The zero-order valence-corrected chi connectivity index (χ0v) is 14.6. The van der Waals surface area contributed by atoms with E-state index in [9.17, 15) is 4.79 Å². The lowest BCUT2D eigenvalue weighted by Gasteiger charge is -2.29. The Hall–Kier alpha value is -2.88. The Kier molecular flexibility index (Phi) is 3.88. The van der Waals surface area contributed by atoms with Crippen molar-refractivity contribution in [3.05, 3.63) is 82.7 Å². The number of carbonyl (C=O) groups excluding carboxylic acids is 1. The standard InChI is InChI=1S/C21H21N3O/c1-15-12-16(2)24(22-15)20-9-5-8-18(13-20)21(25)23-11-10-17-6-3-4-7-19(17)14-23/h3-9,12-13H,10-11,14H2,1-2H3. The number of rotatable bonds is 2. The number of benzene rings is 2. The number of aryl methyl sites for hydroxylation is 2. The van der Waals surface area contributed by atoms with Gasteiger partial charge in [-0.15, -0.1) is 0 Å². The van der Waals surface area contributed by atoms with E-state index in [4.69, 9.17) is 0 Å². The Labute approximate surface area is 147 Å². The van der Waals surface area contributed by atoms with Crippen LogP contribution in [-0.4, -0.2) is 27.1 Å². The van der Waals surface area contributed by atoms with Gasteiger partial charge in [0.1, 0.15) is 0 Å². The fourth-order valence-electron chi connectivity index (χ4n) is 3.51. The molecule has 0 saturated heterocycles. The fraction of sp³-hybridized carbons (Fsp3) is 0.238. The van der Waals surface area contributed by atoms with Crippen LogP contribution in [0.15, 0.2) is 54.6 Å². The Morgan fingerprint density at radius 2 is 1.80 bits per heavy atom. The Morgan fingerprint density at radius 1 is 1.00 bits per heavy atom. The van der Waals surface area contributed by atoms with E-state index < -0.39 is 0 Å². The summed E-state index contributed by atoms with van der Waals surface area (Å²) in [6.07, 6.45) is 0.916. The summed E-state index contributed by atoms with van der Waals surface area (Å²) in [5, 5.41) is 4.51. The summed E-state index contributed by atoms with van der Waals surface area (Å²) in [5.74, 6) is 0.0814. The largest absolute Gasteiger partial charge is 0.334 e. The van der Waals surface area contributed by atoms with Crippen molar-refractivity contribution in [2.45, 2.75) is 26.8 Å². The van der Waals surface area contributed by atoms with E-state index in [2.05, 4.69) is 23.3 Å². The SMILES string of the molecule is Cc1cc(C)n(-c2cccc(C(=O)N3CCc4ccccc4C3)c2)n1. The average molecular weight is 331 g/mol. The van der Waals surface area contributed by atoms with Crippen LogP contribution in [0.1, 0.15) is 32.9 Å². The Morgan fingerprint density at radius 3 is 2.56 bits per heavy atom. The van der Waals surface area contributed by atoms with Gasteiger partial charge in [0.2, 0.25) is 0 Å². The van der Waals surface area contributed by atoms with Crippen molar-refractivity contribution < 1.29 is 4.79 Å². The summed E-state index contributed by atoms with van der Waals surface area (Å²) in [6, 6.07) is 18.1. The highest BCUT2D eigenvalue weighted by Crippen LogP contribution is 2.21. The molecule has 0 aliphatic carbocycles. The van der Waals surface area contributed by atoms with Crippen molar-refractivity contribution in [2.75, 3.05) is 6.54 Å². The fourth-order valence-corrected chi connectivity index (χ4v) is 3.51. The number of nitrogens with zero attached hydrogens (tertiary/aromatic N) is 3. The molecule has 0 radical (unpaired) electrons. The van der Waals surface area contributed by atoms with Crippen molar-refractivity contribution in [1.29, 1.82) is 0 Å². The normalized spacial score (nSPS) is 13.6. The van der Waals surface area contributed by atoms with Crippen LogP contribution in [0.4, 0.5) is 0 Å². The van der Waals surface area contributed by atoms with Gasteiger partial charge in [0.15, 0.2) is 0 Å². The summed E-state index contributed by atoms with van der Waals surface area (Å²) in [6.45, 7) is 5.44. The van der Waals surface area contributed by atoms with Gasteiger partial charge in [-0.2, -0.15) is 5.10 Å². The molecule has 0 N–H and O–H groups in total. The van der Waals surface area contributed by atoms with Crippen molar-refractivity contribution >= 4 is 5.91 Å². The highest BCUT2D eigenvalue weighted by Gasteiger charge is 2.21. The number of aromatic nitrogens is 2. The molecule has 3 aromatic rings. The Balaban J connectivity index is 1.61. The Bertz CT molecular complexity index is 942. The van der Waals surface area contributed by atoms with Crippen molar-refractivity contribution in [3.8, 4) is 5.69 Å². The predicted octanol–water partition coefficient (Wildman–Crippen LogP) is 3.69. The lowest BCUT2D eigenvalue weighted by atomic mass is 9.99. The first kappa shape index (κ1) is 15.6. The van der Waals surface area contributed by atoms with Crippen LogP contribution in [0, 0.1) is 13.8 Å². The van der Waals surface area contributed by atoms with E-state index in [1.54, 1.807) is 0 Å². The second-order valence-electron chi connectivity index (χ2n) is 6.63. The monoisotopic (exact) mass is 331 g/mol. The van der Waals surface area contributed by atoms with Crippen molar-refractivity contribution in [2.24, 2.45) is 0 Å². The van der Waals surface area contributed by atoms with E-state index in [1.165, 1.54) is 11.1 Å². The minimum absolute atomic E-state index is 0.0814. The molecule has 126 valence electrons. The maximum atomic E-state index is 13.0. The van der Waals surface area contributed by atoms with Crippen LogP contribution in [0.2, 0.25) is 0 Å². The van der Waals surface area contributed by atoms with Gasteiger partial charge in [0, 0.05) is 24.3 Å². The first-order valence-corrected chi connectivity index (χ1v) is 8.61. The molecular weight excluding hydrogens is 310 g/mol. The average Bonchev–Trinajstić information content (AvgIpc) is 2.99. The van der Waals surface area contributed by atoms with E-state index >= 15 is 0 Å². The van der Waals surface area contributed by atoms with Crippen LogP contribution in [0.25, 0.3) is 5.69 Å². The molecule has 1 amide bonds. The third-order valence-electron chi connectivity index (χ3n) is 4.77. The maximum absolute atomic E-state index is 13.0. The van der Waals surface area contributed by atoms with Crippen LogP contribution in [-0.2, 0) is 13.0 Å². The van der Waals surface area contributed by atoms with E-state index in [0.29, 0.717) is 12.1 Å². The second kappa shape index (κ2) is 6.20. The molecule has 4 nitrogen and oxygen atoms in total. The smallest absolute Gasteiger partial charge is 0.254 e. The molecule has 0 fully saturated rings. The van der Waals surface area contributed by atoms with Crippen LogP contribution >= 0.6 is 0 Å². The number of amides is 1.